The van der Waals surface area contributed by atoms with Gasteiger partial charge >= 0.3 is 6.03 Å². The minimum absolute atomic E-state index is 0.0120. The Kier molecular flexibility index (Phi) is 5.57. The minimum atomic E-state index is -1.00. The van der Waals surface area contributed by atoms with Gasteiger partial charge in [-0.2, -0.15) is 4.39 Å². The molecule has 2 saturated heterocycles. The number of hydrogen-bond acceptors (Lipinski definition) is 4. The van der Waals surface area contributed by atoms with E-state index in [1.54, 1.807) is 4.90 Å². The van der Waals surface area contributed by atoms with Crippen LogP contribution in [0.2, 0.25) is 0 Å². The van der Waals surface area contributed by atoms with E-state index in [1.807, 2.05) is 0 Å². The van der Waals surface area contributed by atoms with Crippen LogP contribution in [0.4, 0.5) is 13.6 Å². The lowest BCUT2D eigenvalue weighted by molar-refractivity contribution is -0.132. The second-order valence-electron chi connectivity index (χ2n) is 6.73. The van der Waals surface area contributed by atoms with Crippen molar-refractivity contribution in [1.82, 2.24) is 15.5 Å². The Morgan fingerprint density at radius 1 is 1.26 bits per heavy atom. The molecule has 0 saturated carbocycles. The lowest BCUT2D eigenvalue weighted by Gasteiger charge is -2.32. The van der Waals surface area contributed by atoms with Crippen LogP contribution < -0.4 is 15.4 Å². The molecule has 2 N–H and O–H groups in total. The van der Waals surface area contributed by atoms with Crippen LogP contribution in [0, 0.1) is 11.6 Å². The molecule has 27 heavy (non-hydrogen) atoms. The fourth-order valence-electron chi connectivity index (χ4n) is 3.52. The molecule has 2 aliphatic rings. The van der Waals surface area contributed by atoms with Crippen molar-refractivity contribution in [1.29, 1.82) is 0 Å². The molecule has 3 rings (SSSR count). The Balaban J connectivity index is 1.53. The number of likely N-dealkylation sites (tertiary alicyclic amines) is 1. The van der Waals surface area contributed by atoms with Crippen LogP contribution in [-0.2, 0) is 9.59 Å². The first-order chi connectivity index (χ1) is 12.9. The Bertz CT molecular complexity index is 763. The van der Waals surface area contributed by atoms with Gasteiger partial charge in [-0.05, 0) is 42.9 Å². The number of piperidine rings is 1. The van der Waals surface area contributed by atoms with Gasteiger partial charge < -0.3 is 15.0 Å². The summed E-state index contributed by atoms with van der Waals surface area (Å²) in [4.78, 5) is 36.6. The van der Waals surface area contributed by atoms with Gasteiger partial charge in [-0.3, -0.25) is 14.9 Å². The number of methoxy groups -OCH3 is 1. The van der Waals surface area contributed by atoms with Gasteiger partial charge in [0.2, 0.25) is 11.7 Å². The van der Waals surface area contributed by atoms with Crippen molar-refractivity contribution in [3.63, 3.8) is 0 Å². The van der Waals surface area contributed by atoms with Crippen molar-refractivity contribution < 1.29 is 27.9 Å². The highest BCUT2D eigenvalue weighted by Gasteiger charge is 2.31. The SMILES string of the molecule is COc1cc(C2CCN(C(=O)CC[C@H]3NC(=O)NC3=O)CC2)cc(F)c1F. The van der Waals surface area contributed by atoms with Crippen molar-refractivity contribution in [2.75, 3.05) is 20.2 Å². The Labute approximate surface area is 155 Å². The number of urea groups is 1. The zero-order valence-corrected chi connectivity index (χ0v) is 14.9. The Morgan fingerprint density at radius 2 is 1.96 bits per heavy atom. The molecule has 0 spiro atoms. The minimum Gasteiger partial charge on any atom is -0.494 e. The first kappa shape index (κ1) is 19.1. The molecule has 2 aliphatic heterocycles. The number of carbonyl (C=O) groups excluding carboxylic acids is 3. The zero-order valence-electron chi connectivity index (χ0n) is 14.9. The number of amides is 4. The van der Waals surface area contributed by atoms with Gasteiger partial charge in [0.05, 0.1) is 7.11 Å². The predicted octanol–water partition coefficient (Wildman–Crippen LogP) is 1.67. The van der Waals surface area contributed by atoms with Crippen molar-refractivity contribution in [3.8, 4) is 5.75 Å². The molecule has 9 heteroatoms. The topological polar surface area (TPSA) is 87.7 Å². The molecule has 0 unspecified atom stereocenters. The lowest BCUT2D eigenvalue weighted by Crippen LogP contribution is -2.39. The predicted molar refractivity (Wildman–Crippen MR) is 91.2 cm³/mol. The molecule has 0 bridgehead atoms. The van der Waals surface area contributed by atoms with Crippen molar-refractivity contribution in [2.24, 2.45) is 0 Å². The number of carbonyl (C=O) groups is 3. The van der Waals surface area contributed by atoms with Gasteiger partial charge in [-0.1, -0.05) is 0 Å². The first-order valence-electron chi connectivity index (χ1n) is 8.81. The first-order valence-corrected chi connectivity index (χ1v) is 8.81. The van der Waals surface area contributed by atoms with E-state index in [0.717, 1.165) is 0 Å². The van der Waals surface area contributed by atoms with E-state index in [2.05, 4.69) is 10.6 Å². The Hall–Kier alpha value is -2.71. The van der Waals surface area contributed by atoms with E-state index in [0.29, 0.717) is 31.5 Å². The quantitative estimate of drug-likeness (QED) is 0.760. The molecule has 0 radical (unpaired) electrons. The maximum absolute atomic E-state index is 13.7. The molecule has 4 amide bonds. The highest BCUT2D eigenvalue weighted by atomic mass is 19.2. The number of ether oxygens (including phenoxy) is 1. The van der Waals surface area contributed by atoms with Gasteiger partial charge in [0, 0.05) is 19.5 Å². The van der Waals surface area contributed by atoms with Gasteiger partial charge in [0.1, 0.15) is 6.04 Å². The van der Waals surface area contributed by atoms with E-state index < -0.39 is 29.6 Å². The molecule has 1 aromatic carbocycles. The highest BCUT2D eigenvalue weighted by Crippen LogP contribution is 2.32. The second kappa shape index (κ2) is 7.89. The third-order valence-electron chi connectivity index (χ3n) is 5.06. The third-order valence-corrected chi connectivity index (χ3v) is 5.06. The van der Waals surface area contributed by atoms with Crippen LogP contribution in [0.1, 0.15) is 37.2 Å². The zero-order chi connectivity index (χ0) is 19.6. The molecule has 2 fully saturated rings. The van der Waals surface area contributed by atoms with Gasteiger partial charge in [-0.15, -0.1) is 0 Å². The van der Waals surface area contributed by atoms with Crippen LogP contribution in [0.15, 0.2) is 12.1 Å². The van der Waals surface area contributed by atoms with Crippen LogP contribution in [0.5, 0.6) is 5.75 Å². The smallest absolute Gasteiger partial charge is 0.322 e. The van der Waals surface area contributed by atoms with E-state index in [9.17, 15) is 23.2 Å². The lowest BCUT2D eigenvalue weighted by atomic mass is 9.89. The number of imide groups is 1. The number of nitrogens with zero attached hydrogens (tertiary/aromatic N) is 1. The van der Waals surface area contributed by atoms with Crippen LogP contribution in [0.3, 0.4) is 0 Å². The summed E-state index contributed by atoms with van der Waals surface area (Å²) in [5.74, 6) is -2.57. The Morgan fingerprint density at radius 3 is 2.56 bits per heavy atom. The largest absolute Gasteiger partial charge is 0.494 e. The van der Waals surface area contributed by atoms with Crippen molar-refractivity contribution in [2.45, 2.75) is 37.6 Å². The molecule has 0 aromatic heterocycles. The van der Waals surface area contributed by atoms with E-state index in [1.165, 1.54) is 19.2 Å². The fraction of sp³-hybridized carbons (Fsp3) is 0.500. The summed E-state index contributed by atoms with van der Waals surface area (Å²) >= 11 is 0. The number of benzene rings is 1. The summed E-state index contributed by atoms with van der Waals surface area (Å²) in [7, 11) is 1.29. The summed E-state index contributed by atoms with van der Waals surface area (Å²) in [5, 5.41) is 4.59. The van der Waals surface area contributed by atoms with Crippen molar-refractivity contribution >= 4 is 17.8 Å². The number of halogens is 2. The molecule has 2 heterocycles. The van der Waals surface area contributed by atoms with E-state index >= 15 is 0 Å². The third kappa shape index (κ3) is 4.17. The number of hydrogen-bond donors (Lipinski definition) is 2. The summed E-state index contributed by atoms with van der Waals surface area (Å²) in [6.45, 7) is 0.988. The number of rotatable bonds is 5. The summed E-state index contributed by atoms with van der Waals surface area (Å²) < 4.78 is 32.2. The van der Waals surface area contributed by atoms with Crippen LogP contribution >= 0.6 is 0 Å². The molecular weight excluding hydrogens is 360 g/mol. The van der Waals surface area contributed by atoms with Crippen LogP contribution in [-0.4, -0.2) is 49.0 Å². The molecular formula is C18H21F2N3O4. The maximum atomic E-state index is 13.7. The second-order valence-corrected chi connectivity index (χ2v) is 6.73. The molecule has 146 valence electrons. The summed E-state index contributed by atoms with van der Waals surface area (Å²) in [6.07, 6.45) is 1.65. The summed E-state index contributed by atoms with van der Waals surface area (Å²) in [6, 6.07) is 1.47. The average Bonchev–Trinajstić information content (AvgIpc) is 2.99. The van der Waals surface area contributed by atoms with Gasteiger partial charge in [0.15, 0.2) is 11.6 Å². The van der Waals surface area contributed by atoms with Crippen molar-refractivity contribution in [3.05, 3.63) is 29.3 Å². The molecule has 1 aromatic rings. The molecule has 0 aliphatic carbocycles. The van der Waals surface area contributed by atoms with Gasteiger partial charge in [-0.25, -0.2) is 9.18 Å². The highest BCUT2D eigenvalue weighted by molar-refractivity contribution is 6.04. The maximum Gasteiger partial charge on any atom is 0.322 e. The molecule has 1 atom stereocenters. The van der Waals surface area contributed by atoms with E-state index in [4.69, 9.17) is 4.74 Å². The number of nitrogens with one attached hydrogen (secondary N) is 2. The normalized spacial score (nSPS) is 20.4. The average molecular weight is 381 g/mol. The van der Waals surface area contributed by atoms with Gasteiger partial charge in [0.25, 0.3) is 5.91 Å². The monoisotopic (exact) mass is 381 g/mol. The summed E-state index contributed by atoms with van der Waals surface area (Å²) in [5.41, 5.74) is 0.656. The van der Waals surface area contributed by atoms with Crippen LogP contribution in [0.25, 0.3) is 0 Å². The standard InChI is InChI=1S/C18H21F2N3O4/c1-27-14-9-11(8-12(19)16(14)20)10-4-6-23(7-5-10)15(24)3-2-13-17(25)22-18(26)21-13/h8-10,13H,2-7H2,1H3,(H2,21,22,25,26)/t13-/m1/s1. The molecule has 7 nitrogen and oxygen atoms in total. The fourth-order valence-corrected chi connectivity index (χ4v) is 3.52. The van der Waals surface area contributed by atoms with E-state index in [-0.39, 0.29) is 30.4 Å².